The molecule has 20 heavy (non-hydrogen) atoms. The van der Waals surface area contributed by atoms with Crippen LogP contribution in [0.4, 0.5) is 4.39 Å². The summed E-state index contributed by atoms with van der Waals surface area (Å²) in [7, 11) is 0. The van der Waals surface area contributed by atoms with Crippen molar-refractivity contribution in [2.45, 2.75) is 12.5 Å². The Hall–Kier alpha value is -0.650. The number of nitrogens with one attached hydrogen (secondary N) is 1. The van der Waals surface area contributed by atoms with E-state index < -0.39 is 0 Å². The molecule has 0 aliphatic rings. The summed E-state index contributed by atoms with van der Waals surface area (Å²) in [5.41, 5.74) is 3.95. The maximum absolute atomic E-state index is 13.8. The SMILES string of the molecule is NNC(Cc1c(F)cccc1Cl)c1cc(Cl)cc(Br)c1. The van der Waals surface area contributed by atoms with Gasteiger partial charge >= 0.3 is 0 Å². The van der Waals surface area contributed by atoms with Crippen LogP contribution in [0.1, 0.15) is 17.2 Å². The van der Waals surface area contributed by atoms with E-state index in [4.69, 9.17) is 29.0 Å². The summed E-state index contributed by atoms with van der Waals surface area (Å²) < 4.78 is 14.7. The molecule has 0 spiro atoms. The van der Waals surface area contributed by atoms with Crippen LogP contribution in [0, 0.1) is 5.82 Å². The molecule has 0 saturated carbocycles. The van der Waals surface area contributed by atoms with Gasteiger partial charge in [0.25, 0.3) is 0 Å². The first-order valence-electron chi connectivity index (χ1n) is 5.86. The van der Waals surface area contributed by atoms with E-state index in [-0.39, 0.29) is 11.9 Å². The number of rotatable bonds is 4. The number of halogens is 4. The second-order valence-corrected chi connectivity index (χ2v) is 6.09. The highest BCUT2D eigenvalue weighted by atomic mass is 79.9. The van der Waals surface area contributed by atoms with Crippen molar-refractivity contribution in [2.24, 2.45) is 5.84 Å². The maximum atomic E-state index is 13.8. The first kappa shape index (κ1) is 15.7. The highest BCUT2D eigenvalue weighted by Gasteiger charge is 2.16. The Kier molecular flexibility index (Phi) is 5.41. The first-order valence-corrected chi connectivity index (χ1v) is 7.41. The third-order valence-electron chi connectivity index (χ3n) is 2.96. The van der Waals surface area contributed by atoms with E-state index >= 15 is 0 Å². The molecule has 0 amide bonds. The summed E-state index contributed by atoms with van der Waals surface area (Å²) in [6.45, 7) is 0. The molecule has 0 aromatic heterocycles. The van der Waals surface area contributed by atoms with Crippen LogP contribution in [-0.2, 0) is 6.42 Å². The lowest BCUT2D eigenvalue weighted by Crippen LogP contribution is -2.30. The van der Waals surface area contributed by atoms with Crippen LogP contribution in [0.15, 0.2) is 40.9 Å². The zero-order chi connectivity index (χ0) is 14.7. The van der Waals surface area contributed by atoms with Crippen LogP contribution in [0.2, 0.25) is 10.0 Å². The van der Waals surface area contributed by atoms with Crippen LogP contribution in [0.5, 0.6) is 0 Å². The summed E-state index contributed by atoms with van der Waals surface area (Å²) >= 11 is 15.4. The lowest BCUT2D eigenvalue weighted by molar-refractivity contribution is 0.529. The number of hydrogen-bond acceptors (Lipinski definition) is 2. The van der Waals surface area contributed by atoms with Crippen molar-refractivity contribution in [1.29, 1.82) is 0 Å². The zero-order valence-electron chi connectivity index (χ0n) is 10.3. The smallest absolute Gasteiger partial charge is 0.127 e. The van der Waals surface area contributed by atoms with E-state index in [1.54, 1.807) is 24.3 Å². The summed E-state index contributed by atoms with van der Waals surface area (Å²) in [4.78, 5) is 0. The minimum absolute atomic E-state index is 0.292. The molecule has 2 aromatic carbocycles. The number of hydrogen-bond donors (Lipinski definition) is 2. The monoisotopic (exact) mass is 376 g/mol. The van der Waals surface area contributed by atoms with Gasteiger partial charge < -0.3 is 0 Å². The average molecular weight is 378 g/mol. The van der Waals surface area contributed by atoms with Crippen LogP contribution < -0.4 is 11.3 Å². The van der Waals surface area contributed by atoms with E-state index in [2.05, 4.69) is 21.4 Å². The van der Waals surface area contributed by atoms with Gasteiger partial charge in [-0.25, -0.2) is 4.39 Å². The van der Waals surface area contributed by atoms with Gasteiger partial charge in [0.05, 0.1) is 6.04 Å². The number of hydrazine groups is 1. The van der Waals surface area contributed by atoms with Crippen LogP contribution in [0.3, 0.4) is 0 Å². The van der Waals surface area contributed by atoms with Crippen molar-refractivity contribution < 1.29 is 4.39 Å². The normalized spacial score (nSPS) is 12.4. The average Bonchev–Trinajstić information content (AvgIpc) is 2.37. The predicted molar refractivity (Wildman–Crippen MR) is 84.3 cm³/mol. The van der Waals surface area contributed by atoms with Crippen molar-refractivity contribution in [3.05, 3.63) is 67.9 Å². The Bertz CT molecular complexity index is 582. The Balaban J connectivity index is 2.33. The number of benzene rings is 2. The summed E-state index contributed by atoms with van der Waals surface area (Å²) in [5, 5.41) is 0.959. The Morgan fingerprint density at radius 1 is 1.25 bits per heavy atom. The number of nitrogens with two attached hydrogens (primary N) is 1. The molecule has 1 unspecified atom stereocenters. The van der Waals surface area contributed by atoms with Crippen molar-refractivity contribution in [3.8, 4) is 0 Å². The summed E-state index contributed by atoms with van der Waals surface area (Å²) in [6.07, 6.45) is 0.328. The van der Waals surface area contributed by atoms with Gasteiger partial charge in [-0.2, -0.15) is 0 Å². The molecule has 2 nitrogen and oxygen atoms in total. The lowest BCUT2D eigenvalue weighted by Gasteiger charge is -2.18. The van der Waals surface area contributed by atoms with Gasteiger partial charge in [-0.05, 0) is 42.3 Å². The maximum Gasteiger partial charge on any atom is 0.127 e. The highest BCUT2D eigenvalue weighted by molar-refractivity contribution is 9.10. The van der Waals surface area contributed by atoms with E-state index in [0.717, 1.165) is 10.0 Å². The third-order valence-corrected chi connectivity index (χ3v) is 3.99. The second-order valence-electron chi connectivity index (χ2n) is 4.33. The second kappa shape index (κ2) is 6.87. The molecule has 106 valence electrons. The minimum atomic E-state index is -0.348. The molecule has 1 atom stereocenters. The van der Waals surface area contributed by atoms with Gasteiger partial charge in [0.15, 0.2) is 0 Å². The van der Waals surface area contributed by atoms with Crippen LogP contribution in [-0.4, -0.2) is 0 Å². The molecule has 0 saturated heterocycles. The molecule has 0 bridgehead atoms. The molecule has 2 rings (SSSR count). The molecule has 0 aliphatic carbocycles. The van der Waals surface area contributed by atoms with Crippen molar-refractivity contribution in [3.63, 3.8) is 0 Å². The fraction of sp³-hybridized carbons (Fsp3) is 0.143. The quantitative estimate of drug-likeness (QED) is 0.601. The molecule has 6 heteroatoms. The molecule has 0 radical (unpaired) electrons. The largest absolute Gasteiger partial charge is 0.271 e. The molecule has 0 aliphatic heterocycles. The van der Waals surface area contributed by atoms with Crippen molar-refractivity contribution in [1.82, 2.24) is 5.43 Å². The topological polar surface area (TPSA) is 38.0 Å². The highest BCUT2D eigenvalue weighted by Crippen LogP contribution is 2.28. The lowest BCUT2D eigenvalue weighted by atomic mass is 9.99. The molecular formula is C14H12BrCl2FN2. The third kappa shape index (κ3) is 3.71. The zero-order valence-corrected chi connectivity index (χ0v) is 13.4. The van der Waals surface area contributed by atoms with Gasteiger partial charge in [0, 0.05) is 20.1 Å². The molecule has 0 heterocycles. The minimum Gasteiger partial charge on any atom is -0.271 e. The molecule has 3 N–H and O–H groups in total. The standard InChI is InChI=1S/C14H12BrCl2FN2/c15-9-4-8(5-10(16)6-9)14(20-19)7-11-12(17)2-1-3-13(11)18/h1-6,14,20H,7,19H2. The summed E-state index contributed by atoms with van der Waals surface area (Å²) in [6, 6.07) is 9.75. The molecular weight excluding hydrogens is 366 g/mol. The molecule has 0 fully saturated rings. The van der Waals surface area contributed by atoms with Crippen LogP contribution >= 0.6 is 39.1 Å². The Labute approximate surface area is 135 Å². The van der Waals surface area contributed by atoms with E-state index in [9.17, 15) is 4.39 Å². The summed E-state index contributed by atoms with van der Waals surface area (Å²) in [5.74, 6) is 5.23. The van der Waals surface area contributed by atoms with Crippen LogP contribution in [0.25, 0.3) is 0 Å². The fourth-order valence-electron chi connectivity index (χ4n) is 1.98. The van der Waals surface area contributed by atoms with E-state index in [0.29, 0.717) is 22.0 Å². The van der Waals surface area contributed by atoms with E-state index in [1.807, 2.05) is 6.07 Å². The van der Waals surface area contributed by atoms with Gasteiger partial charge in [-0.1, -0.05) is 45.2 Å². The Morgan fingerprint density at radius 2 is 2.00 bits per heavy atom. The first-order chi connectivity index (χ1) is 9.51. The predicted octanol–water partition coefficient (Wildman–Crippen LogP) is 4.64. The molecule has 2 aromatic rings. The Morgan fingerprint density at radius 3 is 2.60 bits per heavy atom. The van der Waals surface area contributed by atoms with Gasteiger partial charge in [0.2, 0.25) is 0 Å². The van der Waals surface area contributed by atoms with E-state index in [1.165, 1.54) is 6.07 Å². The van der Waals surface area contributed by atoms with Gasteiger partial charge in [-0.15, -0.1) is 0 Å². The van der Waals surface area contributed by atoms with Crippen molar-refractivity contribution in [2.75, 3.05) is 0 Å². The van der Waals surface area contributed by atoms with Crippen molar-refractivity contribution >= 4 is 39.1 Å². The fourth-order valence-corrected chi connectivity index (χ4v) is 3.11. The van der Waals surface area contributed by atoms with Gasteiger partial charge in [0.1, 0.15) is 5.82 Å². The van der Waals surface area contributed by atoms with Gasteiger partial charge in [-0.3, -0.25) is 11.3 Å².